The molecule has 20 heavy (non-hydrogen) atoms. The second-order valence-corrected chi connectivity index (χ2v) is 5.64. The first kappa shape index (κ1) is 13.3. The second kappa shape index (κ2) is 5.04. The first-order valence-electron chi connectivity index (χ1n) is 5.82. The minimum absolute atomic E-state index is 0.259. The number of aromatic amines is 1. The molecule has 0 spiro atoms. The fourth-order valence-electron chi connectivity index (χ4n) is 2.10. The molecule has 0 saturated heterocycles. The van der Waals surface area contributed by atoms with Crippen LogP contribution in [0.25, 0.3) is 10.9 Å². The number of nitrogens with one attached hydrogen (secondary N) is 1. The van der Waals surface area contributed by atoms with Crippen molar-refractivity contribution in [1.82, 2.24) is 4.98 Å². The number of hydrogen-bond donors (Lipinski definition) is 1. The van der Waals surface area contributed by atoms with Gasteiger partial charge in [-0.05, 0) is 36.4 Å². The van der Waals surface area contributed by atoms with Gasteiger partial charge in [-0.25, -0.2) is 4.39 Å². The lowest BCUT2D eigenvalue weighted by Gasteiger charge is -2.03. The highest BCUT2D eigenvalue weighted by Crippen LogP contribution is 2.27. The molecular weight excluding hydrogens is 345 g/mol. The summed E-state index contributed by atoms with van der Waals surface area (Å²) in [6.45, 7) is 0. The number of benzene rings is 2. The van der Waals surface area contributed by atoms with E-state index in [4.69, 9.17) is 11.6 Å². The van der Waals surface area contributed by atoms with Crippen molar-refractivity contribution in [3.8, 4) is 0 Å². The Morgan fingerprint density at radius 3 is 2.75 bits per heavy atom. The van der Waals surface area contributed by atoms with E-state index in [0.717, 1.165) is 10.9 Å². The number of H-pyrrole nitrogens is 1. The van der Waals surface area contributed by atoms with Crippen LogP contribution in [0.15, 0.2) is 47.1 Å². The van der Waals surface area contributed by atoms with Crippen LogP contribution in [0, 0.1) is 5.82 Å². The number of carbonyl (C=O) groups excluding carboxylic acids is 1. The van der Waals surface area contributed by atoms with Crippen LogP contribution in [0.3, 0.4) is 0 Å². The number of halogens is 3. The number of ketones is 1. The molecule has 2 nitrogen and oxygen atoms in total. The summed E-state index contributed by atoms with van der Waals surface area (Å²) >= 11 is 9.23. The molecule has 0 saturated carbocycles. The SMILES string of the molecule is O=C(c1cc(F)ccc1Br)c1c[nH]c2ccc(Cl)cc12. The molecule has 0 fully saturated rings. The Labute approximate surface area is 127 Å². The van der Waals surface area contributed by atoms with Crippen molar-refractivity contribution in [2.75, 3.05) is 0 Å². The average Bonchev–Trinajstić information content (AvgIpc) is 2.83. The number of aromatic nitrogens is 1. The number of carbonyl (C=O) groups is 1. The molecule has 1 aromatic heterocycles. The van der Waals surface area contributed by atoms with Gasteiger partial charge in [0.2, 0.25) is 0 Å². The van der Waals surface area contributed by atoms with E-state index in [0.29, 0.717) is 15.1 Å². The van der Waals surface area contributed by atoms with Crippen LogP contribution in [0.1, 0.15) is 15.9 Å². The fraction of sp³-hybridized carbons (Fsp3) is 0. The van der Waals surface area contributed by atoms with E-state index in [9.17, 15) is 9.18 Å². The molecule has 5 heteroatoms. The molecule has 0 atom stereocenters. The van der Waals surface area contributed by atoms with Crippen LogP contribution in [-0.4, -0.2) is 10.8 Å². The van der Waals surface area contributed by atoms with Gasteiger partial charge in [0.15, 0.2) is 5.78 Å². The largest absolute Gasteiger partial charge is 0.360 e. The smallest absolute Gasteiger partial charge is 0.196 e. The molecule has 0 unspecified atom stereocenters. The van der Waals surface area contributed by atoms with E-state index in [1.165, 1.54) is 18.2 Å². The van der Waals surface area contributed by atoms with Gasteiger partial charge in [0, 0.05) is 37.7 Å². The highest BCUT2D eigenvalue weighted by atomic mass is 79.9. The summed E-state index contributed by atoms with van der Waals surface area (Å²) in [5, 5.41) is 1.27. The molecule has 3 rings (SSSR count). The van der Waals surface area contributed by atoms with Crippen molar-refractivity contribution >= 4 is 44.2 Å². The van der Waals surface area contributed by atoms with Crippen molar-refractivity contribution in [1.29, 1.82) is 0 Å². The zero-order valence-electron chi connectivity index (χ0n) is 10.1. The molecule has 0 aliphatic heterocycles. The van der Waals surface area contributed by atoms with Gasteiger partial charge in [-0.1, -0.05) is 27.5 Å². The summed E-state index contributed by atoms with van der Waals surface area (Å²) in [4.78, 5) is 15.6. The normalized spacial score (nSPS) is 10.9. The van der Waals surface area contributed by atoms with Gasteiger partial charge in [0.1, 0.15) is 5.82 Å². The summed E-state index contributed by atoms with van der Waals surface area (Å²) in [5.74, 6) is -0.709. The van der Waals surface area contributed by atoms with Crippen molar-refractivity contribution in [3.05, 3.63) is 69.0 Å². The minimum Gasteiger partial charge on any atom is -0.360 e. The summed E-state index contributed by atoms with van der Waals surface area (Å²) in [6.07, 6.45) is 1.61. The molecular formula is C15H8BrClFNO. The fourth-order valence-corrected chi connectivity index (χ4v) is 2.70. The molecule has 3 aromatic rings. The Morgan fingerprint density at radius 1 is 1.15 bits per heavy atom. The van der Waals surface area contributed by atoms with E-state index in [1.807, 2.05) is 0 Å². The molecule has 0 aliphatic rings. The third-order valence-electron chi connectivity index (χ3n) is 3.06. The Bertz CT molecular complexity index is 828. The molecule has 0 amide bonds. The Kier molecular flexibility index (Phi) is 3.36. The third kappa shape index (κ3) is 2.25. The molecule has 100 valence electrons. The standard InChI is InChI=1S/C15H8BrClFNO/c16-13-3-2-9(18)6-11(13)15(20)12-7-19-14-4-1-8(17)5-10(12)14/h1-7,19H. The third-order valence-corrected chi connectivity index (χ3v) is 3.99. The van der Waals surface area contributed by atoms with Crippen molar-refractivity contribution < 1.29 is 9.18 Å². The van der Waals surface area contributed by atoms with Crippen LogP contribution in [0.4, 0.5) is 4.39 Å². The zero-order chi connectivity index (χ0) is 14.3. The number of rotatable bonds is 2. The average molecular weight is 353 g/mol. The Morgan fingerprint density at radius 2 is 1.95 bits per heavy atom. The van der Waals surface area contributed by atoms with E-state index in [2.05, 4.69) is 20.9 Å². The molecule has 1 heterocycles. The molecule has 0 bridgehead atoms. The first-order chi connectivity index (χ1) is 9.56. The van der Waals surface area contributed by atoms with E-state index < -0.39 is 5.82 Å². The number of fused-ring (bicyclic) bond motifs is 1. The maximum atomic E-state index is 13.3. The van der Waals surface area contributed by atoms with Crippen molar-refractivity contribution in [2.45, 2.75) is 0 Å². The van der Waals surface area contributed by atoms with Gasteiger partial charge in [-0.15, -0.1) is 0 Å². The second-order valence-electron chi connectivity index (χ2n) is 4.35. The number of hydrogen-bond acceptors (Lipinski definition) is 1. The topological polar surface area (TPSA) is 32.9 Å². The first-order valence-corrected chi connectivity index (χ1v) is 7.00. The van der Waals surface area contributed by atoms with Crippen molar-refractivity contribution in [2.24, 2.45) is 0 Å². The van der Waals surface area contributed by atoms with E-state index in [-0.39, 0.29) is 11.3 Å². The van der Waals surface area contributed by atoms with Crippen LogP contribution in [0.5, 0.6) is 0 Å². The molecule has 0 radical (unpaired) electrons. The predicted octanol–water partition coefficient (Wildman–Crippen LogP) is 4.95. The van der Waals surface area contributed by atoms with Crippen LogP contribution >= 0.6 is 27.5 Å². The lowest BCUT2D eigenvalue weighted by Crippen LogP contribution is -2.02. The molecule has 2 aromatic carbocycles. The van der Waals surface area contributed by atoms with E-state index in [1.54, 1.807) is 24.4 Å². The van der Waals surface area contributed by atoms with Crippen LogP contribution in [-0.2, 0) is 0 Å². The molecule has 0 aliphatic carbocycles. The monoisotopic (exact) mass is 351 g/mol. The lowest BCUT2D eigenvalue weighted by atomic mass is 10.0. The molecule has 1 N–H and O–H groups in total. The van der Waals surface area contributed by atoms with Gasteiger partial charge in [-0.3, -0.25) is 4.79 Å². The van der Waals surface area contributed by atoms with Crippen LogP contribution in [0.2, 0.25) is 5.02 Å². The Balaban J connectivity index is 2.17. The van der Waals surface area contributed by atoms with Gasteiger partial charge in [-0.2, -0.15) is 0 Å². The maximum absolute atomic E-state index is 13.3. The summed E-state index contributed by atoms with van der Waals surface area (Å²) in [6, 6.07) is 9.29. The summed E-state index contributed by atoms with van der Waals surface area (Å²) in [5.41, 5.74) is 1.56. The predicted molar refractivity (Wildman–Crippen MR) is 80.8 cm³/mol. The minimum atomic E-state index is -0.450. The van der Waals surface area contributed by atoms with Gasteiger partial charge in [0.05, 0.1) is 0 Å². The van der Waals surface area contributed by atoms with E-state index >= 15 is 0 Å². The summed E-state index contributed by atoms with van der Waals surface area (Å²) in [7, 11) is 0. The van der Waals surface area contributed by atoms with Crippen molar-refractivity contribution in [3.63, 3.8) is 0 Å². The highest BCUT2D eigenvalue weighted by Gasteiger charge is 2.17. The quantitative estimate of drug-likeness (QED) is 0.650. The lowest BCUT2D eigenvalue weighted by molar-refractivity contribution is 0.103. The van der Waals surface area contributed by atoms with Gasteiger partial charge in [0.25, 0.3) is 0 Å². The maximum Gasteiger partial charge on any atom is 0.196 e. The summed E-state index contributed by atoms with van der Waals surface area (Å²) < 4.78 is 13.9. The van der Waals surface area contributed by atoms with Crippen LogP contribution < -0.4 is 0 Å². The van der Waals surface area contributed by atoms with Gasteiger partial charge >= 0.3 is 0 Å². The Hall–Kier alpha value is -1.65. The highest BCUT2D eigenvalue weighted by molar-refractivity contribution is 9.10. The van der Waals surface area contributed by atoms with Gasteiger partial charge < -0.3 is 4.98 Å². The zero-order valence-corrected chi connectivity index (χ0v) is 12.4.